The monoisotopic (exact) mass is 293 g/mol. The molecule has 0 aliphatic rings. The van der Waals surface area contributed by atoms with Crippen molar-refractivity contribution in [1.29, 1.82) is 0 Å². The average molecular weight is 293 g/mol. The SMILES string of the molecule is COCCCn1cnnc1C(C)NC(=O)c1cc(C)on1. The van der Waals surface area contributed by atoms with Gasteiger partial charge in [-0.05, 0) is 20.3 Å². The van der Waals surface area contributed by atoms with E-state index < -0.39 is 0 Å². The minimum atomic E-state index is -0.300. The molecule has 0 spiro atoms. The lowest BCUT2D eigenvalue weighted by Gasteiger charge is -2.13. The maximum absolute atomic E-state index is 12.0. The number of aromatic nitrogens is 4. The standard InChI is InChI=1S/C13H19N5O3/c1-9-7-11(17-21-9)13(19)15-10(2)12-16-14-8-18(12)5-4-6-20-3/h7-8,10H,4-6H2,1-3H3,(H,15,19). The Morgan fingerprint density at radius 1 is 1.57 bits per heavy atom. The fourth-order valence-electron chi connectivity index (χ4n) is 1.96. The molecular weight excluding hydrogens is 274 g/mol. The van der Waals surface area contributed by atoms with Gasteiger partial charge in [0.05, 0.1) is 6.04 Å². The Morgan fingerprint density at radius 3 is 3.05 bits per heavy atom. The van der Waals surface area contributed by atoms with E-state index in [0.717, 1.165) is 13.0 Å². The van der Waals surface area contributed by atoms with E-state index in [9.17, 15) is 4.79 Å². The summed E-state index contributed by atoms with van der Waals surface area (Å²) in [5.74, 6) is 0.987. The number of ether oxygens (including phenoxy) is 1. The average Bonchev–Trinajstić information content (AvgIpc) is 3.08. The second kappa shape index (κ2) is 6.98. The van der Waals surface area contributed by atoms with Crippen molar-refractivity contribution in [1.82, 2.24) is 25.2 Å². The summed E-state index contributed by atoms with van der Waals surface area (Å²) in [7, 11) is 1.66. The van der Waals surface area contributed by atoms with Gasteiger partial charge in [0.2, 0.25) is 0 Å². The minimum absolute atomic E-state index is 0.254. The molecule has 0 aliphatic heterocycles. The Labute approximate surface area is 122 Å². The van der Waals surface area contributed by atoms with Gasteiger partial charge in [0, 0.05) is 26.3 Å². The molecule has 2 aromatic heterocycles. The number of amides is 1. The van der Waals surface area contributed by atoms with Crippen molar-refractivity contribution in [3.63, 3.8) is 0 Å². The highest BCUT2D eigenvalue weighted by Crippen LogP contribution is 2.11. The molecule has 0 aromatic carbocycles. The van der Waals surface area contributed by atoms with Crippen LogP contribution in [0.4, 0.5) is 0 Å². The van der Waals surface area contributed by atoms with E-state index in [0.29, 0.717) is 18.2 Å². The van der Waals surface area contributed by atoms with E-state index in [4.69, 9.17) is 9.26 Å². The molecule has 0 aliphatic carbocycles. The Kier molecular flexibility index (Phi) is 5.04. The van der Waals surface area contributed by atoms with Crippen LogP contribution < -0.4 is 5.32 Å². The molecule has 1 amide bonds. The summed E-state index contributed by atoms with van der Waals surface area (Å²) in [6, 6.07) is 1.31. The van der Waals surface area contributed by atoms with E-state index in [2.05, 4.69) is 20.7 Å². The first-order valence-electron chi connectivity index (χ1n) is 6.72. The van der Waals surface area contributed by atoms with Crippen molar-refractivity contribution >= 4 is 5.91 Å². The molecule has 8 heteroatoms. The summed E-state index contributed by atoms with van der Waals surface area (Å²) < 4.78 is 11.8. The van der Waals surface area contributed by atoms with Crippen molar-refractivity contribution in [3.8, 4) is 0 Å². The topological polar surface area (TPSA) is 95.1 Å². The van der Waals surface area contributed by atoms with Gasteiger partial charge >= 0.3 is 0 Å². The molecular formula is C13H19N5O3. The number of nitrogens with one attached hydrogen (secondary N) is 1. The molecule has 8 nitrogen and oxygen atoms in total. The zero-order valence-electron chi connectivity index (χ0n) is 12.4. The largest absolute Gasteiger partial charge is 0.385 e. The summed E-state index contributed by atoms with van der Waals surface area (Å²) in [5, 5.41) is 14.5. The Balaban J connectivity index is 1.98. The van der Waals surface area contributed by atoms with Crippen LogP contribution in [0.5, 0.6) is 0 Å². The molecule has 2 heterocycles. The highest BCUT2D eigenvalue weighted by atomic mass is 16.5. The first-order valence-corrected chi connectivity index (χ1v) is 6.72. The predicted molar refractivity (Wildman–Crippen MR) is 73.6 cm³/mol. The van der Waals surface area contributed by atoms with Crippen molar-refractivity contribution in [2.75, 3.05) is 13.7 Å². The number of rotatable bonds is 7. The quantitative estimate of drug-likeness (QED) is 0.768. The molecule has 1 unspecified atom stereocenters. The van der Waals surface area contributed by atoms with Crippen LogP contribution in [-0.2, 0) is 11.3 Å². The summed E-state index contributed by atoms with van der Waals surface area (Å²) in [6.45, 7) is 4.98. The highest BCUT2D eigenvalue weighted by molar-refractivity contribution is 5.92. The van der Waals surface area contributed by atoms with Crippen LogP contribution in [-0.4, -0.2) is 39.5 Å². The third kappa shape index (κ3) is 3.88. The van der Waals surface area contributed by atoms with E-state index in [-0.39, 0.29) is 17.6 Å². The van der Waals surface area contributed by atoms with Crippen LogP contribution in [0.25, 0.3) is 0 Å². The van der Waals surface area contributed by atoms with Gasteiger partial charge in [0.25, 0.3) is 5.91 Å². The van der Waals surface area contributed by atoms with E-state index in [1.807, 2.05) is 11.5 Å². The molecule has 1 atom stereocenters. The Bertz CT molecular complexity index is 592. The maximum Gasteiger partial charge on any atom is 0.274 e. The number of carbonyl (C=O) groups excluding carboxylic acids is 1. The van der Waals surface area contributed by atoms with Crippen molar-refractivity contribution < 1.29 is 14.1 Å². The lowest BCUT2D eigenvalue weighted by molar-refractivity contribution is 0.0928. The molecule has 21 heavy (non-hydrogen) atoms. The molecule has 0 saturated heterocycles. The van der Waals surface area contributed by atoms with Gasteiger partial charge in [-0.15, -0.1) is 10.2 Å². The van der Waals surface area contributed by atoms with Gasteiger partial charge in [0.15, 0.2) is 11.5 Å². The Hall–Kier alpha value is -2.22. The van der Waals surface area contributed by atoms with Crippen molar-refractivity contribution in [3.05, 3.63) is 29.7 Å². The van der Waals surface area contributed by atoms with Crippen LogP contribution in [0.3, 0.4) is 0 Å². The van der Waals surface area contributed by atoms with Gasteiger partial charge in [-0.25, -0.2) is 0 Å². The van der Waals surface area contributed by atoms with Crippen molar-refractivity contribution in [2.45, 2.75) is 32.9 Å². The van der Waals surface area contributed by atoms with Crippen LogP contribution in [0.1, 0.15) is 41.5 Å². The number of methoxy groups -OCH3 is 1. The van der Waals surface area contributed by atoms with E-state index in [1.165, 1.54) is 0 Å². The highest BCUT2D eigenvalue weighted by Gasteiger charge is 2.18. The number of aryl methyl sites for hydroxylation is 2. The van der Waals surface area contributed by atoms with E-state index >= 15 is 0 Å². The summed E-state index contributed by atoms with van der Waals surface area (Å²) in [6.07, 6.45) is 2.50. The maximum atomic E-state index is 12.0. The first kappa shape index (κ1) is 15.2. The second-order valence-corrected chi connectivity index (χ2v) is 4.75. The molecule has 2 rings (SSSR count). The number of hydrogen-bond acceptors (Lipinski definition) is 6. The fraction of sp³-hybridized carbons (Fsp3) is 0.538. The summed E-state index contributed by atoms with van der Waals surface area (Å²) in [5.41, 5.74) is 0.254. The minimum Gasteiger partial charge on any atom is -0.385 e. The Morgan fingerprint density at radius 2 is 2.38 bits per heavy atom. The van der Waals surface area contributed by atoms with Crippen LogP contribution in [0.15, 0.2) is 16.9 Å². The number of nitrogens with zero attached hydrogens (tertiary/aromatic N) is 4. The van der Waals surface area contributed by atoms with Gasteiger partial charge in [-0.3, -0.25) is 4.79 Å². The third-order valence-electron chi connectivity index (χ3n) is 2.99. The zero-order chi connectivity index (χ0) is 15.2. The predicted octanol–water partition coefficient (Wildman–Crippen LogP) is 1.10. The first-order chi connectivity index (χ1) is 10.1. The molecule has 1 N–H and O–H groups in total. The lowest BCUT2D eigenvalue weighted by atomic mass is 10.2. The summed E-state index contributed by atoms with van der Waals surface area (Å²) in [4.78, 5) is 12.0. The number of carbonyl (C=O) groups is 1. The molecule has 0 bridgehead atoms. The fourth-order valence-corrected chi connectivity index (χ4v) is 1.96. The normalized spacial score (nSPS) is 12.3. The van der Waals surface area contributed by atoms with Crippen LogP contribution >= 0.6 is 0 Å². The smallest absolute Gasteiger partial charge is 0.274 e. The van der Waals surface area contributed by atoms with Gasteiger partial charge in [-0.1, -0.05) is 5.16 Å². The van der Waals surface area contributed by atoms with Gasteiger partial charge < -0.3 is 19.1 Å². The number of hydrogen-bond donors (Lipinski definition) is 1. The molecule has 2 aromatic rings. The van der Waals surface area contributed by atoms with Crippen molar-refractivity contribution in [2.24, 2.45) is 0 Å². The van der Waals surface area contributed by atoms with Crippen LogP contribution in [0.2, 0.25) is 0 Å². The molecule has 0 saturated carbocycles. The van der Waals surface area contributed by atoms with Crippen LogP contribution in [0, 0.1) is 6.92 Å². The molecule has 0 fully saturated rings. The van der Waals surface area contributed by atoms with Gasteiger partial charge in [-0.2, -0.15) is 0 Å². The van der Waals surface area contributed by atoms with E-state index in [1.54, 1.807) is 26.4 Å². The third-order valence-corrected chi connectivity index (χ3v) is 2.99. The summed E-state index contributed by atoms with van der Waals surface area (Å²) >= 11 is 0. The second-order valence-electron chi connectivity index (χ2n) is 4.75. The lowest BCUT2D eigenvalue weighted by Crippen LogP contribution is -2.29. The molecule has 114 valence electrons. The van der Waals surface area contributed by atoms with Gasteiger partial charge in [0.1, 0.15) is 12.1 Å². The zero-order valence-corrected chi connectivity index (χ0v) is 12.4. The molecule has 0 radical (unpaired) electrons.